The zero-order valence-electron chi connectivity index (χ0n) is 10.8. The molecular weight excluding hydrogens is 200 g/mol. The zero-order valence-corrected chi connectivity index (χ0v) is 10.8. The van der Waals surface area contributed by atoms with Gasteiger partial charge >= 0.3 is 0 Å². The summed E-state index contributed by atoms with van der Waals surface area (Å²) in [6.45, 7) is 6.83. The summed E-state index contributed by atoms with van der Waals surface area (Å²) in [5.41, 5.74) is 5.65. The van der Waals surface area contributed by atoms with Crippen LogP contribution in [-0.2, 0) is 4.79 Å². The van der Waals surface area contributed by atoms with Crippen LogP contribution in [0.25, 0.3) is 0 Å². The number of carbonyl (C=O) groups is 1. The van der Waals surface area contributed by atoms with Gasteiger partial charge in [0, 0.05) is 12.6 Å². The van der Waals surface area contributed by atoms with Gasteiger partial charge in [-0.05, 0) is 24.7 Å². The third-order valence-corrected chi connectivity index (χ3v) is 3.68. The SMILES string of the molecule is CC1CCCC(NC(=O)C(CN)C(C)C)C1. The van der Waals surface area contributed by atoms with E-state index in [1.54, 1.807) is 0 Å². The largest absolute Gasteiger partial charge is 0.353 e. The zero-order chi connectivity index (χ0) is 12.1. The highest BCUT2D eigenvalue weighted by Gasteiger charge is 2.25. The van der Waals surface area contributed by atoms with E-state index in [0.29, 0.717) is 18.5 Å². The first kappa shape index (κ1) is 13.5. The molecule has 0 bridgehead atoms. The molecule has 1 aliphatic rings. The van der Waals surface area contributed by atoms with Gasteiger partial charge in [-0.3, -0.25) is 4.79 Å². The first-order valence-electron chi connectivity index (χ1n) is 6.55. The molecule has 0 aromatic rings. The summed E-state index contributed by atoms with van der Waals surface area (Å²) in [5.74, 6) is 1.19. The number of hydrogen-bond acceptors (Lipinski definition) is 2. The van der Waals surface area contributed by atoms with Gasteiger partial charge in [0.1, 0.15) is 0 Å². The standard InChI is InChI=1S/C13H26N2O/c1-9(2)12(8-14)13(16)15-11-6-4-5-10(3)7-11/h9-12H,4-8,14H2,1-3H3,(H,15,16). The topological polar surface area (TPSA) is 55.1 Å². The maximum absolute atomic E-state index is 12.0. The van der Waals surface area contributed by atoms with Crippen LogP contribution in [0.1, 0.15) is 46.5 Å². The predicted octanol–water partition coefficient (Wildman–Crippen LogP) is 1.91. The van der Waals surface area contributed by atoms with Crippen molar-refractivity contribution >= 4 is 5.91 Å². The molecule has 94 valence electrons. The molecule has 1 rings (SSSR count). The quantitative estimate of drug-likeness (QED) is 0.769. The molecule has 0 radical (unpaired) electrons. The number of nitrogens with one attached hydrogen (secondary N) is 1. The van der Waals surface area contributed by atoms with E-state index in [9.17, 15) is 4.79 Å². The molecule has 1 fully saturated rings. The van der Waals surface area contributed by atoms with E-state index >= 15 is 0 Å². The van der Waals surface area contributed by atoms with Crippen molar-refractivity contribution in [3.8, 4) is 0 Å². The highest BCUT2D eigenvalue weighted by Crippen LogP contribution is 2.24. The van der Waals surface area contributed by atoms with Crippen molar-refractivity contribution in [2.45, 2.75) is 52.5 Å². The highest BCUT2D eigenvalue weighted by molar-refractivity contribution is 5.79. The number of nitrogens with two attached hydrogens (primary N) is 1. The Balaban J connectivity index is 2.43. The van der Waals surface area contributed by atoms with Gasteiger partial charge in [-0.25, -0.2) is 0 Å². The van der Waals surface area contributed by atoms with Crippen molar-refractivity contribution in [1.29, 1.82) is 0 Å². The summed E-state index contributed by atoms with van der Waals surface area (Å²) in [6, 6.07) is 0.379. The van der Waals surface area contributed by atoms with Crippen LogP contribution in [-0.4, -0.2) is 18.5 Å². The van der Waals surface area contributed by atoms with E-state index in [2.05, 4.69) is 26.1 Å². The number of hydrogen-bond donors (Lipinski definition) is 2. The van der Waals surface area contributed by atoms with Crippen LogP contribution in [0.5, 0.6) is 0 Å². The first-order valence-corrected chi connectivity index (χ1v) is 6.55. The molecule has 0 aliphatic heterocycles. The minimum absolute atomic E-state index is 0.0303. The summed E-state index contributed by atoms with van der Waals surface area (Å²) < 4.78 is 0. The van der Waals surface area contributed by atoms with Crippen LogP contribution < -0.4 is 11.1 Å². The van der Waals surface area contributed by atoms with E-state index in [4.69, 9.17) is 5.73 Å². The Hall–Kier alpha value is -0.570. The fourth-order valence-corrected chi connectivity index (χ4v) is 2.56. The van der Waals surface area contributed by atoms with Gasteiger partial charge in [0.2, 0.25) is 5.91 Å². The summed E-state index contributed by atoms with van der Waals surface area (Å²) in [7, 11) is 0. The van der Waals surface area contributed by atoms with Gasteiger partial charge in [-0.1, -0.05) is 33.6 Å². The lowest BCUT2D eigenvalue weighted by atomic mass is 9.86. The molecular formula is C13H26N2O. The number of carbonyl (C=O) groups excluding carboxylic acids is 1. The van der Waals surface area contributed by atoms with Crippen LogP contribution >= 0.6 is 0 Å². The van der Waals surface area contributed by atoms with Crippen molar-refractivity contribution in [1.82, 2.24) is 5.32 Å². The Morgan fingerprint density at radius 1 is 1.44 bits per heavy atom. The van der Waals surface area contributed by atoms with Crippen molar-refractivity contribution in [2.24, 2.45) is 23.5 Å². The fraction of sp³-hybridized carbons (Fsp3) is 0.923. The van der Waals surface area contributed by atoms with E-state index in [-0.39, 0.29) is 11.8 Å². The van der Waals surface area contributed by atoms with Crippen molar-refractivity contribution in [3.05, 3.63) is 0 Å². The molecule has 3 nitrogen and oxygen atoms in total. The minimum atomic E-state index is -0.0303. The van der Waals surface area contributed by atoms with Crippen LogP contribution in [0.3, 0.4) is 0 Å². The fourth-order valence-electron chi connectivity index (χ4n) is 2.56. The van der Waals surface area contributed by atoms with Gasteiger partial charge < -0.3 is 11.1 Å². The summed E-state index contributed by atoms with van der Waals surface area (Å²) >= 11 is 0. The lowest BCUT2D eigenvalue weighted by Gasteiger charge is -2.29. The average molecular weight is 226 g/mol. The second-order valence-corrected chi connectivity index (χ2v) is 5.56. The smallest absolute Gasteiger partial charge is 0.224 e. The third-order valence-electron chi connectivity index (χ3n) is 3.68. The number of amides is 1. The summed E-state index contributed by atoms with van der Waals surface area (Å²) in [4.78, 5) is 12.0. The van der Waals surface area contributed by atoms with E-state index < -0.39 is 0 Å². The Morgan fingerprint density at radius 3 is 2.62 bits per heavy atom. The maximum atomic E-state index is 12.0. The lowest BCUT2D eigenvalue weighted by molar-refractivity contribution is -0.127. The molecule has 0 heterocycles. The molecule has 3 heteroatoms. The van der Waals surface area contributed by atoms with Gasteiger partial charge in [-0.2, -0.15) is 0 Å². The molecule has 0 aromatic heterocycles. The maximum Gasteiger partial charge on any atom is 0.224 e. The summed E-state index contributed by atoms with van der Waals surface area (Å²) in [5, 5.41) is 3.16. The monoisotopic (exact) mass is 226 g/mol. The molecule has 3 atom stereocenters. The minimum Gasteiger partial charge on any atom is -0.353 e. The molecule has 0 spiro atoms. The molecule has 16 heavy (non-hydrogen) atoms. The van der Waals surface area contributed by atoms with Gasteiger partial charge in [-0.15, -0.1) is 0 Å². The van der Waals surface area contributed by atoms with Crippen LogP contribution in [0.2, 0.25) is 0 Å². The Bertz CT molecular complexity index is 228. The molecule has 0 saturated heterocycles. The molecule has 3 unspecified atom stereocenters. The average Bonchev–Trinajstić information content (AvgIpc) is 2.17. The normalized spacial score (nSPS) is 27.8. The van der Waals surface area contributed by atoms with Crippen LogP contribution in [0.15, 0.2) is 0 Å². The predicted molar refractivity (Wildman–Crippen MR) is 66.9 cm³/mol. The Morgan fingerprint density at radius 2 is 2.12 bits per heavy atom. The Labute approximate surface area is 99.2 Å². The van der Waals surface area contributed by atoms with E-state index in [1.165, 1.54) is 12.8 Å². The van der Waals surface area contributed by atoms with Crippen LogP contribution in [0.4, 0.5) is 0 Å². The third kappa shape index (κ3) is 3.78. The van der Waals surface area contributed by atoms with Crippen LogP contribution in [0, 0.1) is 17.8 Å². The lowest BCUT2D eigenvalue weighted by Crippen LogP contribution is -2.44. The molecule has 0 aromatic carbocycles. The summed E-state index contributed by atoms with van der Waals surface area (Å²) in [6.07, 6.45) is 4.80. The Kier molecular flexibility index (Phi) is 5.26. The highest BCUT2D eigenvalue weighted by atomic mass is 16.2. The second-order valence-electron chi connectivity index (χ2n) is 5.56. The van der Waals surface area contributed by atoms with E-state index in [0.717, 1.165) is 18.8 Å². The number of rotatable bonds is 4. The molecule has 3 N–H and O–H groups in total. The molecule has 1 amide bonds. The first-order chi connectivity index (χ1) is 7.54. The molecule has 1 aliphatic carbocycles. The second kappa shape index (κ2) is 6.24. The van der Waals surface area contributed by atoms with Crippen molar-refractivity contribution in [2.75, 3.05) is 6.54 Å². The van der Waals surface area contributed by atoms with E-state index in [1.807, 2.05) is 0 Å². The molecule has 1 saturated carbocycles. The van der Waals surface area contributed by atoms with Gasteiger partial charge in [0.05, 0.1) is 5.92 Å². The van der Waals surface area contributed by atoms with Crippen molar-refractivity contribution < 1.29 is 4.79 Å². The van der Waals surface area contributed by atoms with Crippen molar-refractivity contribution in [3.63, 3.8) is 0 Å². The van der Waals surface area contributed by atoms with Gasteiger partial charge in [0.15, 0.2) is 0 Å². The van der Waals surface area contributed by atoms with Gasteiger partial charge in [0.25, 0.3) is 0 Å².